The minimum Gasteiger partial charge on any atom is -0.706 e. The molecule has 1 aromatic rings. The molecule has 0 aliphatic carbocycles. The van der Waals surface area contributed by atoms with Crippen molar-refractivity contribution < 1.29 is 18.9 Å². The molecule has 0 aliphatic rings. The molecule has 0 spiro atoms. The van der Waals surface area contributed by atoms with Gasteiger partial charge in [-0.3, -0.25) is 0 Å². The molecule has 0 unspecified atom stereocenters. The second kappa shape index (κ2) is 12.3. The molecule has 0 heterocycles. The van der Waals surface area contributed by atoms with Crippen molar-refractivity contribution in [2.75, 3.05) is 0 Å². The van der Waals surface area contributed by atoms with Crippen molar-refractivity contribution in [3.8, 4) is 34.4 Å². The SMILES string of the molecule is Cc1ccc(S/C(=C/C(C#C[Si](C)(C)C)(C#C[Si](C)(C)C)C#C[Si](C)(C)C)N=[N-])cc1.[Li+]. The van der Waals surface area contributed by atoms with Crippen molar-refractivity contribution in [1.29, 1.82) is 0 Å². The number of thioether (sulfide) groups is 1. The first-order valence-corrected chi connectivity index (χ1v) is 21.8. The number of nitrogens with zero attached hydrogens (tertiary/aromatic N) is 2. The van der Waals surface area contributed by atoms with Crippen molar-refractivity contribution in [2.24, 2.45) is 10.5 Å². The number of benzene rings is 1. The Morgan fingerprint density at radius 3 is 1.50 bits per heavy atom. The van der Waals surface area contributed by atoms with Crippen LogP contribution >= 0.6 is 11.8 Å². The van der Waals surface area contributed by atoms with E-state index in [0.29, 0.717) is 5.03 Å². The molecule has 1 rings (SSSR count). The molecule has 7 heteroatoms. The van der Waals surface area contributed by atoms with Gasteiger partial charge in [0.05, 0.1) is 5.03 Å². The third-order valence-electron chi connectivity index (χ3n) is 3.59. The van der Waals surface area contributed by atoms with Crippen LogP contribution in [0.5, 0.6) is 0 Å². The van der Waals surface area contributed by atoms with E-state index in [9.17, 15) is 5.53 Å². The van der Waals surface area contributed by atoms with Gasteiger partial charge in [-0.15, -0.1) is 16.6 Å². The summed E-state index contributed by atoms with van der Waals surface area (Å²) >= 11 is 1.40. The summed E-state index contributed by atoms with van der Waals surface area (Å²) in [5.74, 6) is 10.3. The third kappa shape index (κ3) is 13.4. The minimum absolute atomic E-state index is 0. The van der Waals surface area contributed by atoms with Gasteiger partial charge in [-0.05, 0) is 25.1 Å². The summed E-state index contributed by atoms with van der Waals surface area (Å²) in [5, 5.41) is 4.04. The molecule has 1 aromatic carbocycles. The molecule has 2 nitrogen and oxygen atoms in total. The van der Waals surface area contributed by atoms with Gasteiger partial charge in [0.1, 0.15) is 24.2 Å². The van der Waals surface area contributed by atoms with Gasteiger partial charge >= 0.3 is 18.9 Å². The van der Waals surface area contributed by atoms with Gasteiger partial charge in [0.25, 0.3) is 0 Å². The van der Waals surface area contributed by atoms with Crippen LogP contribution in [0.15, 0.2) is 45.4 Å². The molecular weight excluding hydrogens is 452 g/mol. The molecular formula is C25H35LiN2SSi3. The van der Waals surface area contributed by atoms with E-state index in [1.54, 1.807) is 0 Å². The summed E-state index contributed by atoms with van der Waals surface area (Å²) in [5.41, 5.74) is 20.5. The van der Waals surface area contributed by atoms with Crippen LogP contribution < -0.4 is 18.9 Å². The molecule has 0 saturated carbocycles. The largest absolute Gasteiger partial charge is 1.00 e. The van der Waals surface area contributed by atoms with Gasteiger partial charge < -0.3 is 10.6 Å². The Kier molecular flexibility index (Phi) is 11.9. The zero-order valence-corrected chi connectivity index (χ0v) is 25.5. The summed E-state index contributed by atoms with van der Waals surface area (Å²) in [6.45, 7) is 22.0. The molecule has 0 saturated heterocycles. The quantitative estimate of drug-likeness (QED) is 0.265. The fourth-order valence-electron chi connectivity index (χ4n) is 2.05. The van der Waals surface area contributed by atoms with E-state index in [1.807, 2.05) is 30.3 Å². The van der Waals surface area contributed by atoms with E-state index < -0.39 is 29.6 Å². The molecule has 32 heavy (non-hydrogen) atoms. The molecule has 164 valence electrons. The summed E-state index contributed by atoms with van der Waals surface area (Å²) in [7, 11) is -4.98. The fraction of sp³-hybridized carbons (Fsp3) is 0.440. The Balaban J connectivity index is 0.00000961. The Bertz CT molecular complexity index is 929. The van der Waals surface area contributed by atoms with Crippen LogP contribution in [0.4, 0.5) is 0 Å². The van der Waals surface area contributed by atoms with Gasteiger partial charge in [0.2, 0.25) is 0 Å². The Morgan fingerprint density at radius 1 is 0.812 bits per heavy atom. The van der Waals surface area contributed by atoms with Gasteiger partial charge in [0, 0.05) is 4.90 Å². The van der Waals surface area contributed by atoms with Crippen LogP contribution in [-0.2, 0) is 0 Å². The van der Waals surface area contributed by atoms with E-state index >= 15 is 0 Å². The molecule has 0 bridgehead atoms. The fourth-order valence-corrected chi connectivity index (χ4v) is 4.56. The Hall–Kier alpha value is -1.16. The van der Waals surface area contributed by atoms with Gasteiger partial charge in [0.15, 0.2) is 5.41 Å². The topological polar surface area (TPSA) is 34.7 Å². The zero-order chi connectivity index (χ0) is 23.9. The summed E-state index contributed by atoms with van der Waals surface area (Å²) in [4.78, 5) is 0.998. The summed E-state index contributed by atoms with van der Waals surface area (Å²) in [6, 6.07) is 8.14. The van der Waals surface area contributed by atoms with Crippen LogP contribution in [0.25, 0.3) is 5.53 Å². The zero-order valence-electron chi connectivity index (χ0n) is 21.7. The van der Waals surface area contributed by atoms with Gasteiger partial charge in [-0.1, -0.05) is 106 Å². The van der Waals surface area contributed by atoms with Crippen molar-refractivity contribution in [1.82, 2.24) is 0 Å². The van der Waals surface area contributed by atoms with Crippen LogP contribution in [-0.4, -0.2) is 24.2 Å². The maximum atomic E-state index is 9.81. The van der Waals surface area contributed by atoms with Gasteiger partial charge in [-0.25, -0.2) is 0 Å². The second-order valence-corrected chi connectivity index (χ2v) is 26.1. The average molecular weight is 487 g/mol. The van der Waals surface area contributed by atoms with E-state index in [4.69, 9.17) is 0 Å². The first kappa shape index (κ1) is 30.8. The maximum Gasteiger partial charge on any atom is 1.00 e. The average Bonchev–Trinajstić information content (AvgIpc) is 2.62. The first-order chi connectivity index (χ1) is 14.0. The van der Waals surface area contributed by atoms with E-state index in [2.05, 4.69) is 105 Å². The number of allylic oxidation sites excluding steroid dienone is 1. The number of hydrogen-bond donors (Lipinski definition) is 0. The number of rotatable bonds is 4. The molecule has 0 fully saturated rings. The summed E-state index contributed by atoms with van der Waals surface area (Å²) in [6.07, 6.45) is 1.85. The monoisotopic (exact) mass is 486 g/mol. The minimum atomic E-state index is -1.66. The van der Waals surface area contributed by atoms with Crippen LogP contribution in [0.3, 0.4) is 0 Å². The normalized spacial score (nSPS) is 12.1. The van der Waals surface area contributed by atoms with Crippen molar-refractivity contribution in [3.05, 3.63) is 46.5 Å². The molecule has 0 amide bonds. The summed E-state index contributed by atoms with van der Waals surface area (Å²) < 4.78 is 0. The number of aryl methyl sites for hydroxylation is 1. The van der Waals surface area contributed by atoms with Crippen LogP contribution in [0.2, 0.25) is 58.9 Å². The van der Waals surface area contributed by atoms with E-state index in [1.165, 1.54) is 17.3 Å². The number of hydrogen-bond acceptors (Lipinski definition) is 2. The maximum absolute atomic E-state index is 9.81. The van der Waals surface area contributed by atoms with Crippen molar-refractivity contribution in [3.63, 3.8) is 0 Å². The van der Waals surface area contributed by atoms with Crippen LogP contribution in [0, 0.1) is 46.7 Å². The second-order valence-electron chi connectivity index (χ2n) is 10.8. The van der Waals surface area contributed by atoms with E-state index in [0.717, 1.165) is 4.90 Å². The van der Waals surface area contributed by atoms with Gasteiger partial charge in [-0.2, -0.15) is 0 Å². The predicted octanol–water partition coefficient (Wildman–Crippen LogP) is 4.58. The van der Waals surface area contributed by atoms with Crippen LogP contribution in [0.1, 0.15) is 5.56 Å². The van der Waals surface area contributed by atoms with Crippen molar-refractivity contribution in [2.45, 2.75) is 70.7 Å². The van der Waals surface area contributed by atoms with Crippen molar-refractivity contribution >= 4 is 36.0 Å². The smallest absolute Gasteiger partial charge is 0.706 e. The standard InChI is InChI=1S/C25H35N2SSi3.Li/c1-22-11-13-23(14-12-22)28-24(27-26)21-25(15-18-29(2,3)4,16-19-30(5,6)7)17-20-31(8,9)10;/h11-14,21H,1-10H3;/q-1;+1/b24-21+;. The molecule has 0 aromatic heterocycles. The van der Waals surface area contributed by atoms with E-state index in [-0.39, 0.29) is 18.9 Å². The molecule has 0 atom stereocenters. The Morgan fingerprint density at radius 2 is 1.19 bits per heavy atom. The molecule has 0 N–H and O–H groups in total. The predicted molar refractivity (Wildman–Crippen MR) is 147 cm³/mol. The third-order valence-corrected chi connectivity index (χ3v) is 7.13. The molecule has 0 radical (unpaired) electrons. The molecule has 0 aliphatic heterocycles. The first-order valence-electron chi connectivity index (χ1n) is 10.5. The Labute approximate surface area is 215 Å².